The summed E-state index contributed by atoms with van der Waals surface area (Å²) in [4.78, 5) is 14.4. The monoisotopic (exact) mass is 302 g/mol. The van der Waals surface area contributed by atoms with E-state index in [2.05, 4.69) is 0 Å². The standard InChI is InChI=1S/C18H26N2O2/c1-2-20(14-6-4-3-5-7-14)18(21)22-15-10-8-13-9-11-17(19)16(13)12-15/h8,10,12,14,17H,2-7,9,11,19H2,1H3. The number of amides is 1. The van der Waals surface area contributed by atoms with Gasteiger partial charge in [-0.3, -0.25) is 0 Å². The molecule has 0 aromatic heterocycles. The van der Waals surface area contributed by atoms with Crippen molar-refractivity contribution in [3.63, 3.8) is 0 Å². The van der Waals surface area contributed by atoms with Gasteiger partial charge in [0.05, 0.1) is 0 Å². The summed E-state index contributed by atoms with van der Waals surface area (Å²) in [6.07, 6.45) is 7.68. The van der Waals surface area contributed by atoms with Crippen LogP contribution in [0, 0.1) is 0 Å². The quantitative estimate of drug-likeness (QED) is 0.924. The fourth-order valence-corrected chi connectivity index (χ4v) is 3.76. The van der Waals surface area contributed by atoms with Crippen molar-refractivity contribution in [1.29, 1.82) is 0 Å². The van der Waals surface area contributed by atoms with Crippen molar-refractivity contribution in [3.05, 3.63) is 29.3 Å². The van der Waals surface area contributed by atoms with Crippen LogP contribution in [0.2, 0.25) is 0 Å². The lowest BCUT2D eigenvalue weighted by Gasteiger charge is -2.32. The lowest BCUT2D eigenvalue weighted by atomic mass is 9.94. The number of carbonyl (C=O) groups is 1. The third kappa shape index (κ3) is 3.12. The Morgan fingerprint density at radius 2 is 2.05 bits per heavy atom. The van der Waals surface area contributed by atoms with Gasteiger partial charge in [0.2, 0.25) is 0 Å². The highest BCUT2D eigenvalue weighted by Crippen LogP contribution is 2.32. The van der Waals surface area contributed by atoms with Crippen LogP contribution >= 0.6 is 0 Å². The van der Waals surface area contributed by atoms with E-state index in [4.69, 9.17) is 10.5 Å². The van der Waals surface area contributed by atoms with E-state index in [-0.39, 0.29) is 12.1 Å². The number of nitrogens with zero attached hydrogens (tertiary/aromatic N) is 1. The second kappa shape index (κ2) is 6.69. The molecule has 1 aromatic carbocycles. The van der Waals surface area contributed by atoms with Crippen LogP contribution in [-0.2, 0) is 6.42 Å². The first-order valence-electron chi connectivity index (χ1n) is 8.56. The second-order valence-corrected chi connectivity index (χ2v) is 6.45. The van der Waals surface area contributed by atoms with Crippen molar-refractivity contribution in [1.82, 2.24) is 4.90 Å². The molecule has 2 aliphatic rings. The molecule has 1 atom stereocenters. The Balaban J connectivity index is 1.69. The molecule has 1 fully saturated rings. The van der Waals surface area contributed by atoms with Gasteiger partial charge in [0.15, 0.2) is 0 Å². The number of nitrogens with two attached hydrogens (primary N) is 1. The van der Waals surface area contributed by atoms with Gasteiger partial charge in [-0.15, -0.1) is 0 Å². The maximum absolute atomic E-state index is 12.5. The highest BCUT2D eigenvalue weighted by molar-refractivity contribution is 5.71. The van der Waals surface area contributed by atoms with Crippen LogP contribution in [-0.4, -0.2) is 23.6 Å². The number of benzene rings is 1. The highest BCUT2D eigenvalue weighted by atomic mass is 16.6. The minimum absolute atomic E-state index is 0.0780. The van der Waals surface area contributed by atoms with Crippen molar-refractivity contribution >= 4 is 6.09 Å². The maximum atomic E-state index is 12.5. The molecule has 0 radical (unpaired) electrons. The SMILES string of the molecule is CCN(C(=O)Oc1ccc2c(c1)C(N)CC2)C1CCCCC1. The summed E-state index contributed by atoms with van der Waals surface area (Å²) in [5, 5.41) is 0. The Morgan fingerprint density at radius 3 is 2.77 bits per heavy atom. The van der Waals surface area contributed by atoms with Crippen LogP contribution in [0.4, 0.5) is 4.79 Å². The topological polar surface area (TPSA) is 55.6 Å². The molecule has 1 amide bonds. The van der Waals surface area contributed by atoms with Crippen molar-refractivity contribution < 1.29 is 9.53 Å². The van der Waals surface area contributed by atoms with E-state index in [1.54, 1.807) is 0 Å². The van der Waals surface area contributed by atoms with Gasteiger partial charge in [0.25, 0.3) is 0 Å². The normalized spacial score (nSPS) is 21.5. The van der Waals surface area contributed by atoms with Gasteiger partial charge in [-0.25, -0.2) is 4.79 Å². The molecule has 22 heavy (non-hydrogen) atoms. The van der Waals surface area contributed by atoms with Gasteiger partial charge in [0.1, 0.15) is 5.75 Å². The molecule has 3 rings (SSSR count). The smallest absolute Gasteiger partial charge is 0.410 e. The van der Waals surface area contributed by atoms with Crippen molar-refractivity contribution in [3.8, 4) is 5.75 Å². The summed E-state index contributed by atoms with van der Waals surface area (Å²) >= 11 is 0. The predicted molar refractivity (Wildman–Crippen MR) is 87.0 cm³/mol. The zero-order valence-corrected chi connectivity index (χ0v) is 13.4. The lowest BCUT2D eigenvalue weighted by molar-refractivity contribution is 0.121. The molecule has 0 aliphatic heterocycles. The lowest BCUT2D eigenvalue weighted by Crippen LogP contribution is -2.42. The fraction of sp³-hybridized carbons (Fsp3) is 0.611. The summed E-state index contributed by atoms with van der Waals surface area (Å²) in [5.41, 5.74) is 8.51. The summed E-state index contributed by atoms with van der Waals surface area (Å²) in [5.74, 6) is 0.621. The average molecular weight is 302 g/mol. The second-order valence-electron chi connectivity index (χ2n) is 6.45. The van der Waals surface area contributed by atoms with Crippen LogP contribution in [0.1, 0.15) is 62.6 Å². The number of carbonyl (C=O) groups excluding carboxylic acids is 1. The van der Waals surface area contributed by atoms with E-state index in [9.17, 15) is 4.79 Å². The van der Waals surface area contributed by atoms with Crippen LogP contribution in [0.25, 0.3) is 0 Å². The van der Waals surface area contributed by atoms with Crippen LogP contribution in [0.15, 0.2) is 18.2 Å². The minimum Gasteiger partial charge on any atom is -0.410 e. The first-order valence-corrected chi connectivity index (χ1v) is 8.56. The first-order chi connectivity index (χ1) is 10.7. The van der Waals surface area contributed by atoms with Crippen LogP contribution < -0.4 is 10.5 Å². The molecule has 4 nitrogen and oxygen atoms in total. The molecule has 1 unspecified atom stereocenters. The van der Waals surface area contributed by atoms with E-state index in [0.717, 1.165) is 31.2 Å². The number of rotatable bonds is 3. The number of aryl methyl sites for hydroxylation is 1. The number of hydrogen-bond acceptors (Lipinski definition) is 3. The van der Waals surface area contributed by atoms with Crippen molar-refractivity contribution in [2.24, 2.45) is 5.73 Å². The predicted octanol–water partition coefficient (Wildman–Crippen LogP) is 3.79. The molecular formula is C18H26N2O2. The summed E-state index contributed by atoms with van der Waals surface area (Å²) in [6, 6.07) is 6.29. The minimum atomic E-state index is -0.221. The molecule has 0 bridgehead atoms. The van der Waals surface area contributed by atoms with Crippen LogP contribution in [0.5, 0.6) is 5.75 Å². The molecule has 0 spiro atoms. The average Bonchev–Trinajstić information content (AvgIpc) is 2.90. The van der Waals surface area contributed by atoms with E-state index in [1.807, 2.05) is 30.0 Å². The molecule has 0 heterocycles. The Kier molecular flexibility index (Phi) is 4.67. The summed E-state index contributed by atoms with van der Waals surface area (Å²) in [7, 11) is 0. The fourth-order valence-electron chi connectivity index (χ4n) is 3.76. The Hall–Kier alpha value is -1.55. The molecule has 0 saturated heterocycles. The zero-order chi connectivity index (χ0) is 15.5. The largest absolute Gasteiger partial charge is 0.415 e. The van der Waals surface area contributed by atoms with E-state index < -0.39 is 0 Å². The molecule has 120 valence electrons. The summed E-state index contributed by atoms with van der Waals surface area (Å²) in [6.45, 7) is 2.72. The Morgan fingerprint density at radius 1 is 1.27 bits per heavy atom. The van der Waals surface area contributed by atoms with E-state index >= 15 is 0 Å². The summed E-state index contributed by atoms with van der Waals surface area (Å²) < 4.78 is 5.63. The molecule has 4 heteroatoms. The third-order valence-electron chi connectivity index (χ3n) is 5.04. The molecule has 1 saturated carbocycles. The molecule has 2 aliphatic carbocycles. The van der Waals surface area contributed by atoms with E-state index in [0.29, 0.717) is 18.3 Å². The van der Waals surface area contributed by atoms with Gasteiger partial charge in [-0.1, -0.05) is 25.3 Å². The first kappa shape index (κ1) is 15.3. The third-order valence-corrected chi connectivity index (χ3v) is 5.04. The van der Waals surface area contributed by atoms with Gasteiger partial charge >= 0.3 is 6.09 Å². The molecule has 2 N–H and O–H groups in total. The maximum Gasteiger partial charge on any atom is 0.415 e. The Bertz CT molecular complexity index is 538. The van der Waals surface area contributed by atoms with E-state index in [1.165, 1.54) is 24.8 Å². The van der Waals surface area contributed by atoms with Crippen LogP contribution in [0.3, 0.4) is 0 Å². The number of fused-ring (bicyclic) bond motifs is 1. The highest BCUT2D eigenvalue weighted by Gasteiger charge is 2.26. The number of hydrogen-bond donors (Lipinski definition) is 1. The van der Waals surface area contributed by atoms with Gasteiger partial charge in [-0.2, -0.15) is 0 Å². The van der Waals surface area contributed by atoms with Crippen molar-refractivity contribution in [2.75, 3.05) is 6.54 Å². The zero-order valence-electron chi connectivity index (χ0n) is 13.4. The molecule has 1 aromatic rings. The van der Waals surface area contributed by atoms with Gasteiger partial charge in [-0.05, 0) is 55.9 Å². The number of ether oxygens (including phenoxy) is 1. The van der Waals surface area contributed by atoms with Gasteiger partial charge < -0.3 is 15.4 Å². The van der Waals surface area contributed by atoms with Gasteiger partial charge in [0, 0.05) is 18.6 Å². The molecular weight excluding hydrogens is 276 g/mol. The Labute approximate surface area is 132 Å². The van der Waals surface area contributed by atoms with Crippen molar-refractivity contribution in [2.45, 2.75) is 64.0 Å².